The lowest BCUT2D eigenvalue weighted by atomic mass is 10.2. The number of carbonyl (C=O) groups is 1. The molecule has 0 bridgehead atoms. The van der Waals surface area contributed by atoms with Gasteiger partial charge in [-0.1, -0.05) is 6.07 Å². The fraction of sp³-hybridized carbons (Fsp3) is 0.286. The standard InChI is InChI=1S/C14H16N4O3/c1-3-17(2)11-7-12(19)18(16-8-11)9-10-5-4-6-15-13(10)14(20)21/h4-8H,3,9H2,1-2H3,(H,20,21). The van der Waals surface area contributed by atoms with Crippen molar-refractivity contribution in [3.8, 4) is 0 Å². The summed E-state index contributed by atoms with van der Waals surface area (Å²) < 4.78 is 1.22. The van der Waals surface area contributed by atoms with E-state index in [9.17, 15) is 9.59 Å². The molecule has 21 heavy (non-hydrogen) atoms. The van der Waals surface area contributed by atoms with Gasteiger partial charge in [0.05, 0.1) is 18.4 Å². The second kappa shape index (κ2) is 6.17. The van der Waals surface area contributed by atoms with E-state index in [4.69, 9.17) is 5.11 Å². The number of pyridine rings is 1. The maximum atomic E-state index is 12.1. The van der Waals surface area contributed by atoms with Gasteiger partial charge in [-0.15, -0.1) is 0 Å². The van der Waals surface area contributed by atoms with E-state index >= 15 is 0 Å². The molecule has 0 radical (unpaired) electrons. The topological polar surface area (TPSA) is 88.3 Å². The Kier molecular flexibility index (Phi) is 4.32. The fourth-order valence-electron chi connectivity index (χ4n) is 1.85. The molecule has 2 heterocycles. The summed E-state index contributed by atoms with van der Waals surface area (Å²) in [4.78, 5) is 28.9. The Bertz CT molecular complexity index is 711. The minimum Gasteiger partial charge on any atom is -0.477 e. The zero-order chi connectivity index (χ0) is 15.4. The van der Waals surface area contributed by atoms with E-state index in [0.29, 0.717) is 5.56 Å². The Labute approximate surface area is 121 Å². The number of anilines is 1. The van der Waals surface area contributed by atoms with Crippen molar-refractivity contribution in [3.05, 3.63) is 52.2 Å². The lowest BCUT2D eigenvalue weighted by Gasteiger charge is -2.16. The third kappa shape index (κ3) is 3.25. The highest BCUT2D eigenvalue weighted by Crippen LogP contribution is 2.09. The average Bonchev–Trinajstić information content (AvgIpc) is 2.48. The molecule has 0 aliphatic heterocycles. The molecule has 7 heteroatoms. The predicted molar refractivity (Wildman–Crippen MR) is 77.7 cm³/mol. The van der Waals surface area contributed by atoms with Crippen LogP contribution in [0.3, 0.4) is 0 Å². The van der Waals surface area contributed by atoms with Crippen LogP contribution >= 0.6 is 0 Å². The molecule has 0 spiro atoms. The maximum Gasteiger partial charge on any atom is 0.354 e. The smallest absolute Gasteiger partial charge is 0.354 e. The SMILES string of the molecule is CCN(C)c1cnn(Cc2cccnc2C(=O)O)c(=O)c1. The number of aromatic nitrogens is 3. The first-order valence-corrected chi connectivity index (χ1v) is 6.48. The Morgan fingerprint density at radius 2 is 2.24 bits per heavy atom. The van der Waals surface area contributed by atoms with Gasteiger partial charge < -0.3 is 10.0 Å². The number of carboxylic acid groups (broad SMARTS) is 1. The molecule has 2 aromatic rings. The third-order valence-corrected chi connectivity index (χ3v) is 3.18. The molecule has 0 atom stereocenters. The first-order chi connectivity index (χ1) is 10.0. The first kappa shape index (κ1) is 14.7. The van der Waals surface area contributed by atoms with Crippen molar-refractivity contribution in [2.45, 2.75) is 13.5 Å². The molecular weight excluding hydrogens is 272 g/mol. The number of carboxylic acids is 1. The summed E-state index contributed by atoms with van der Waals surface area (Å²) in [5.74, 6) is -1.12. The zero-order valence-corrected chi connectivity index (χ0v) is 11.9. The minimum absolute atomic E-state index is 0.0686. The molecule has 110 valence electrons. The van der Waals surface area contributed by atoms with Crippen molar-refractivity contribution in [1.29, 1.82) is 0 Å². The normalized spacial score (nSPS) is 10.4. The van der Waals surface area contributed by atoms with E-state index in [2.05, 4.69) is 10.1 Å². The van der Waals surface area contributed by atoms with Crippen LogP contribution in [0.15, 0.2) is 35.4 Å². The van der Waals surface area contributed by atoms with Crippen LogP contribution < -0.4 is 10.5 Å². The van der Waals surface area contributed by atoms with Crippen LogP contribution in [0.5, 0.6) is 0 Å². The van der Waals surface area contributed by atoms with Gasteiger partial charge in [0.2, 0.25) is 0 Å². The second-order valence-corrected chi connectivity index (χ2v) is 4.54. The first-order valence-electron chi connectivity index (χ1n) is 6.48. The summed E-state index contributed by atoms with van der Waals surface area (Å²) in [7, 11) is 1.87. The molecule has 0 saturated heterocycles. The van der Waals surface area contributed by atoms with Crippen LogP contribution in [0.1, 0.15) is 23.0 Å². The van der Waals surface area contributed by atoms with Gasteiger partial charge in [0.15, 0.2) is 5.69 Å². The molecule has 0 aliphatic carbocycles. The molecule has 0 unspecified atom stereocenters. The van der Waals surface area contributed by atoms with Gasteiger partial charge in [-0.3, -0.25) is 4.79 Å². The van der Waals surface area contributed by atoms with E-state index in [1.54, 1.807) is 18.3 Å². The van der Waals surface area contributed by atoms with Gasteiger partial charge in [0, 0.05) is 31.4 Å². The van der Waals surface area contributed by atoms with Crippen molar-refractivity contribution in [2.75, 3.05) is 18.5 Å². The van der Waals surface area contributed by atoms with Crippen molar-refractivity contribution < 1.29 is 9.90 Å². The van der Waals surface area contributed by atoms with Crippen molar-refractivity contribution in [3.63, 3.8) is 0 Å². The lowest BCUT2D eigenvalue weighted by Crippen LogP contribution is -2.26. The van der Waals surface area contributed by atoms with E-state index in [-0.39, 0.29) is 17.8 Å². The predicted octanol–water partition coefficient (Wildman–Crippen LogP) is 0.841. The largest absolute Gasteiger partial charge is 0.477 e. The number of aromatic carboxylic acids is 1. The molecule has 2 rings (SSSR count). The highest BCUT2D eigenvalue weighted by molar-refractivity contribution is 5.86. The van der Waals surface area contributed by atoms with E-state index in [1.807, 2.05) is 18.9 Å². The zero-order valence-electron chi connectivity index (χ0n) is 11.9. The van der Waals surface area contributed by atoms with E-state index < -0.39 is 5.97 Å². The Hall–Kier alpha value is -2.70. The van der Waals surface area contributed by atoms with Crippen molar-refractivity contribution >= 4 is 11.7 Å². The highest BCUT2D eigenvalue weighted by atomic mass is 16.4. The quantitative estimate of drug-likeness (QED) is 0.877. The number of hydrogen-bond acceptors (Lipinski definition) is 5. The summed E-state index contributed by atoms with van der Waals surface area (Å²) in [6.07, 6.45) is 2.99. The Morgan fingerprint density at radius 3 is 2.86 bits per heavy atom. The van der Waals surface area contributed by atoms with Crippen LogP contribution in [-0.2, 0) is 6.54 Å². The van der Waals surface area contributed by atoms with Crippen LogP contribution in [0, 0.1) is 0 Å². The van der Waals surface area contributed by atoms with Crippen LogP contribution in [0.4, 0.5) is 5.69 Å². The Balaban J connectivity index is 2.33. The van der Waals surface area contributed by atoms with Gasteiger partial charge in [-0.05, 0) is 13.0 Å². The third-order valence-electron chi connectivity index (χ3n) is 3.18. The minimum atomic E-state index is -1.12. The van der Waals surface area contributed by atoms with Crippen LogP contribution in [0.2, 0.25) is 0 Å². The molecule has 0 fully saturated rings. The fourth-order valence-corrected chi connectivity index (χ4v) is 1.85. The monoisotopic (exact) mass is 288 g/mol. The van der Waals surface area contributed by atoms with Crippen molar-refractivity contribution in [1.82, 2.24) is 14.8 Å². The summed E-state index contributed by atoms with van der Waals surface area (Å²) in [6.45, 7) is 2.81. The highest BCUT2D eigenvalue weighted by Gasteiger charge is 2.12. The van der Waals surface area contributed by atoms with Gasteiger partial charge in [0.25, 0.3) is 5.56 Å². The number of rotatable bonds is 5. The molecule has 0 saturated carbocycles. The van der Waals surface area contributed by atoms with Gasteiger partial charge >= 0.3 is 5.97 Å². The van der Waals surface area contributed by atoms with Gasteiger partial charge in [-0.25, -0.2) is 14.5 Å². The number of nitrogens with zero attached hydrogens (tertiary/aromatic N) is 4. The summed E-state index contributed by atoms with van der Waals surface area (Å²) in [5.41, 5.74) is 0.813. The van der Waals surface area contributed by atoms with Gasteiger partial charge in [0.1, 0.15) is 0 Å². The van der Waals surface area contributed by atoms with E-state index in [1.165, 1.54) is 16.9 Å². The lowest BCUT2D eigenvalue weighted by molar-refractivity contribution is 0.0689. The molecule has 0 aliphatic rings. The molecule has 7 nitrogen and oxygen atoms in total. The molecule has 0 amide bonds. The molecular formula is C14H16N4O3. The molecule has 1 N–H and O–H groups in total. The average molecular weight is 288 g/mol. The Morgan fingerprint density at radius 1 is 1.48 bits per heavy atom. The summed E-state index contributed by atoms with van der Waals surface area (Å²) in [6, 6.07) is 4.73. The molecule has 2 aromatic heterocycles. The van der Waals surface area contributed by atoms with Crippen LogP contribution in [0.25, 0.3) is 0 Å². The van der Waals surface area contributed by atoms with E-state index in [0.717, 1.165) is 12.2 Å². The summed E-state index contributed by atoms with van der Waals surface area (Å²) >= 11 is 0. The summed E-state index contributed by atoms with van der Waals surface area (Å²) in [5, 5.41) is 13.2. The molecule has 0 aromatic carbocycles. The maximum absolute atomic E-state index is 12.1. The number of hydrogen-bond donors (Lipinski definition) is 1. The van der Waals surface area contributed by atoms with Crippen molar-refractivity contribution in [2.24, 2.45) is 0 Å². The van der Waals surface area contributed by atoms with Crippen LogP contribution in [-0.4, -0.2) is 39.4 Å². The second-order valence-electron chi connectivity index (χ2n) is 4.54. The van der Waals surface area contributed by atoms with Gasteiger partial charge in [-0.2, -0.15) is 5.10 Å².